The number of hydrogen-bond donors (Lipinski definition) is 2. The fourth-order valence-corrected chi connectivity index (χ4v) is 2.87. The van der Waals surface area contributed by atoms with Crippen LogP contribution in [0.25, 0.3) is 0 Å². The van der Waals surface area contributed by atoms with Gasteiger partial charge < -0.3 is 15.5 Å². The van der Waals surface area contributed by atoms with Crippen LogP contribution in [0.3, 0.4) is 0 Å². The Morgan fingerprint density at radius 1 is 1.22 bits per heavy atom. The van der Waals surface area contributed by atoms with Gasteiger partial charge in [-0.25, -0.2) is 0 Å². The molecule has 1 atom stereocenters. The lowest BCUT2D eigenvalue weighted by Crippen LogP contribution is -2.42. The minimum Gasteiger partial charge on any atom is -0.356 e. The molecule has 2 rings (SSSR count). The molecule has 1 aromatic heterocycles. The van der Waals surface area contributed by atoms with E-state index in [4.69, 9.17) is 0 Å². The molecule has 0 aliphatic carbocycles. The van der Waals surface area contributed by atoms with Gasteiger partial charge >= 0.3 is 0 Å². The maximum absolute atomic E-state index is 4.33. The summed E-state index contributed by atoms with van der Waals surface area (Å²) in [6.07, 6.45) is 5.86. The van der Waals surface area contributed by atoms with E-state index < -0.39 is 0 Å². The first-order valence-corrected chi connectivity index (χ1v) is 9.31. The topological polar surface area (TPSA) is 57.5 Å². The third kappa shape index (κ3) is 7.88. The number of guanidine groups is 1. The molecule has 1 heterocycles. The Hall–Kier alpha value is -1.61. The first kappa shape index (κ1) is 23.4. The molecule has 0 aliphatic heterocycles. The van der Waals surface area contributed by atoms with Crippen LogP contribution in [0.5, 0.6) is 0 Å². The van der Waals surface area contributed by atoms with Gasteiger partial charge in [0.2, 0.25) is 0 Å². The zero-order valence-corrected chi connectivity index (χ0v) is 19.2. The van der Waals surface area contributed by atoms with E-state index in [1.807, 2.05) is 30.2 Å². The predicted octanol–water partition coefficient (Wildman–Crippen LogP) is 2.92. The smallest absolute Gasteiger partial charge is 0.191 e. The molecular formula is C20H33IN6. The van der Waals surface area contributed by atoms with Crippen LogP contribution < -0.4 is 10.6 Å². The Labute approximate surface area is 180 Å². The second-order valence-electron chi connectivity index (χ2n) is 6.58. The van der Waals surface area contributed by atoms with E-state index in [0.29, 0.717) is 6.04 Å². The van der Waals surface area contributed by atoms with E-state index in [1.165, 1.54) is 11.1 Å². The van der Waals surface area contributed by atoms with Gasteiger partial charge in [0.1, 0.15) is 0 Å². The van der Waals surface area contributed by atoms with Crippen LogP contribution in [-0.2, 0) is 13.0 Å². The number of halogens is 1. The van der Waals surface area contributed by atoms with Crippen LogP contribution in [0.15, 0.2) is 47.7 Å². The van der Waals surface area contributed by atoms with Crippen LogP contribution in [-0.4, -0.2) is 54.9 Å². The number of nitrogens with zero attached hydrogens (tertiary/aromatic N) is 4. The van der Waals surface area contributed by atoms with Crippen LogP contribution in [0.2, 0.25) is 0 Å². The zero-order chi connectivity index (χ0) is 18.8. The van der Waals surface area contributed by atoms with Crippen molar-refractivity contribution in [3.8, 4) is 0 Å². The van der Waals surface area contributed by atoms with E-state index in [0.717, 1.165) is 38.4 Å². The van der Waals surface area contributed by atoms with Gasteiger partial charge in [0, 0.05) is 39.1 Å². The number of likely N-dealkylation sites (N-methyl/N-ethyl adjacent to an activating group) is 1. The highest BCUT2D eigenvalue weighted by Crippen LogP contribution is 2.18. The summed E-state index contributed by atoms with van der Waals surface area (Å²) >= 11 is 0. The van der Waals surface area contributed by atoms with Gasteiger partial charge in [0.05, 0.1) is 6.04 Å². The minimum absolute atomic E-state index is 0. The molecule has 1 unspecified atom stereocenters. The second-order valence-corrected chi connectivity index (χ2v) is 6.58. The lowest BCUT2D eigenvalue weighted by atomic mass is 10.0. The Kier molecular flexibility index (Phi) is 11.0. The molecule has 0 fully saturated rings. The van der Waals surface area contributed by atoms with Crippen molar-refractivity contribution in [1.29, 1.82) is 0 Å². The van der Waals surface area contributed by atoms with Gasteiger partial charge in [-0.05, 0) is 44.1 Å². The summed E-state index contributed by atoms with van der Waals surface area (Å²) in [6, 6.07) is 11.1. The number of nitrogens with one attached hydrogen (secondary N) is 2. The summed E-state index contributed by atoms with van der Waals surface area (Å²) in [6.45, 7) is 4.75. The summed E-state index contributed by atoms with van der Waals surface area (Å²) in [4.78, 5) is 6.56. The summed E-state index contributed by atoms with van der Waals surface area (Å²) in [5, 5.41) is 11.0. The molecule has 6 nitrogen and oxygen atoms in total. The van der Waals surface area contributed by atoms with E-state index in [1.54, 1.807) is 0 Å². The van der Waals surface area contributed by atoms with Gasteiger partial charge in [-0.15, -0.1) is 24.0 Å². The summed E-state index contributed by atoms with van der Waals surface area (Å²) in [5.41, 5.74) is 2.68. The minimum atomic E-state index is 0. The average molecular weight is 484 g/mol. The number of aliphatic imine (C=N–C) groups is 1. The van der Waals surface area contributed by atoms with Crippen molar-refractivity contribution in [2.24, 2.45) is 4.99 Å². The van der Waals surface area contributed by atoms with Crippen LogP contribution in [0.4, 0.5) is 0 Å². The number of benzene rings is 1. The summed E-state index contributed by atoms with van der Waals surface area (Å²) < 4.78 is 1.94. The highest BCUT2D eigenvalue weighted by molar-refractivity contribution is 14.0. The fourth-order valence-electron chi connectivity index (χ4n) is 2.87. The Morgan fingerprint density at radius 3 is 2.52 bits per heavy atom. The quantitative estimate of drug-likeness (QED) is 0.249. The van der Waals surface area contributed by atoms with Crippen molar-refractivity contribution in [2.75, 3.05) is 34.2 Å². The van der Waals surface area contributed by atoms with Crippen molar-refractivity contribution in [3.63, 3.8) is 0 Å². The maximum Gasteiger partial charge on any atom is 0.191 e. The second kappa shape index (κ2) is 12.7. The standard InChI is InChI=1S/C20H32N6.HI/c1-5-17-8-10-18(11-9-17)19(25(3)4)16-23-20(21-2)22-12-6-14-26-15-7-13-24-26;/h7-11,13,15,19H,5-6,12,14,16H2,1-4H3,(H2,21,22,23);1H. The molecule has 7 heteroatoms. The first-order valence-electron chi connectivity index (χ1n) is 9.31. The van der Waals surface area contributed by atoms with E-state index >= 15 is 0 Å². The molecule has 150 valence electrons. The molecule has 0 saturated heterocycles. The number of rotatable bonds is 9. The molecule has 2 aromatic rings. The molecule has 0 bridgehead atoms. The van der Waals surface area contributed by atoms with Crippen molar-refractivity contribution in [2.45, 2.75) is 32.4 Å². The first-order chi connectivity index (χ1) is 12.6. The molecule has 0 spiro atoms. The van der Waals surface area contributed by atoms with Gasteiger partial charge in [0.25, 0.3) is 0 Å². The predicted molar refractivity (Wildman–Crippen MR) is 124 cm³/mol. The highest BCUT2D eigenvalue weighted by atomic mass is 127. The monoisotopic (exact) mass is 484 g/mol. The van der Waals surface area contributed by atoms with Crippen molar-refractivity contribution < 1.29 is 0 Å². The van der Waals surface area contributed by atoms with Gasteiger partial charge in [-0.3, -0.25) is 9.67 Å². The Morgan fingerprint density at radius 2 is 1.96 bits per heavy atom. The molecular weight excluding hydrogens is 451 g/mol. The van der Waals surface area contributed by atoms with E-state index in [9.17, 15) is 0 Å². The molecule has 2 N–H and O–H groups in total. The van der Waals surface area contributed by atoms with Crippen molar-refractivity contribution in [3.05, 3.63) is 53.9 Å². The lowest BCUT2D eigenvalue weighted by Gasteiger charge is -2.26. The average Bonchev–Trinajstić information content (AvgIpc) is 3.17. The third-order valence-corrected chi connectivity index (χ3v) is 4.50. The fraction of sp³-hybridized carbons (Fsp3) is 0.500. The maximum atomic E-state index is 4.33. The van der Waals surface area contributed by atoms with Crippen molar-refractivity contribution in [1.82, 2.24) is 25.3 Å². The van der Waals surface area contributed by atoms with Gasteiger partial charge in [-0.1, -0.05) is 31.2 Å². The highest BCUT2D eigenvalue weighted by Gasteiger charge is 2.14. The normalized spacial score (nSPS) is 12.6. The number of hydrogen-bond acceptors (Lipinski definition) is 3. The summed E-state index contributed by atoms with van der Waals surface area (Å²) in [5.74, 6) is 0.836. The van der Waals surface area contributed by atoms with E-state index in [2.05, 4.69) is 70.9 Å². The van der Waals surface area contributed by atoms with Crippen molar-refractivity contribution >= 4 is 29.9 Å². The Balaban J connectivity index is 0.00000364. The Bertz CT molecular complexity index is 652. The number of aryl methyl sites for hydroxylation is 2. The van der Waals surface area contributed by atoms with Gasteiger partial charge in [-0.2, -0.15) is 5.10 Å². The van der Waals surface area contributed by atoms with Crippen LogP contribution >= 0.6 is 24.0 Å². The lowest BCUT2D eigenvalue weighted by molar-refractivity contribution is 0.298. The van der Waals surface area contributed by atoms with Crippen LogP contribution in [0, 0.1) is 0 Å². The molecule has 1 aromatic carbocycles. The molecule has 0 aliphatic rings. The van der Waals surface area contributed by atoms with Crippen LogP contribution in [0.1, 0.15) is 30.5 Å². The van der Waals surface area contributed by atoms with E-state index in [-0.39, 0.29) is 24.0 Å². The molecule has 0 saturated carbocycles. The van der Waals surface area contributed by atoms with Gasteiger partial charge in [0.15, 0.2) is 5.96 Å². The largest absolute Gasteiger partial charge is 0.356 e. The number of aromatic nitrogens is 2. The third-order valence-electron chi connectivity index (χ3n) is 4.50. The molecule has 27 heavy (non-hydrogen) atoms. The zero-order valence-electron chi connectivity index (χ0n) is 16.9. The molecule has 0 amide bonds. The summed E-state index contributed by atoms with van der Waals surface area (Å²) in [7, 11) is 6.03. The molecule has 0 radical (unpaired) electrons. The SMILES string of the molecule is CCc1ccc(C(CNC(=NC)NCCCn2cccn2)N(C)C)cc1.I.